The number of amides is 1. The maximum atomic E-state index is 12.5. The maximum Gasteiger partial charge on any atom is 0.237 e. The first-order chi connectivity index (χ1) is 10.7. The Bertz CT molecular complexity index is 375. The van der Waals surface area contributed by atoms with Crippen LogP contribution in [0.2, 0.25) is 0 Å². The highest BCUT2D eigenvalue weighted by atomic mass is 16.5. The van der Waals surface area contributed by atoms with Crippen LogP contribution >= 0.6 is 0 Å². The van der Waals surface area contributed by atoms with E-state index in [9.17, 15) is 4.79 Å². The van der Waals surface area contributed by atoms with Crippen LogP contribution in [-0.4, -0.2) is 49.7 Å². The summed E-state index contributed by atoms with van der Waals surface area (Å²) in [6.07, 6.45) is 10.5. The Hall–Kier alpha value is -0.610. The number of ether oxygens (including phenoxy) is 1. The van der Waals surface area contributed by atoms with Gasteiger partial charge in [0.15, 0.2) is 0 Å². The summed E-state index contributed by atoms with van der Waals surface area (Å²) in [6, 6.07) is -0.0252. The van der Waals surface area contributed by atoms with Crippen molar-refractivity contribution in [1.82, 2.24) is 10.2 Å². The van der Waals surface area contributed by atoms with Crippen LogP contribution in [0.1, 0.15) is 58.3 Å². The summed E-state index contributed by atoms with van der Waals surface area (Å²) >= 11 is 0. The smallest absolute Gasteiger partial charge is 0.237 e. The van der Waals surface area contributed by atoms with Gasteiger partial charge in [-0.2, -0.15) is 0 Å². The fourth-order valence-electron chi connectivity index (χ4n) is 4.29. The number of hydrogen-bond acceptors (Lipinski definition) is 3. The standard InChI is InChI=1S/C18H32N2O2/c1-15(17(21)19-12-16-6-3-2-4-7-16)20-10-11-22-14-18(13-20)8-5-9-18/h15-16H,2-14H2,1H3,(H,19,21). The minimum Gasteiger partial charge on any atom is -0.379 e. The maximum absolute atomic E-state index is 12.5. The molecule has 1 spiro atoms. The van der Waals surface area contributed by atoms with E-state index in [4.69, 9.17) is 4.74 Å². The van der Waals surface area contributed by atoms with Crippen molar-refractivity contribution in [3.63, 3.8) is 0 Å². The molecule has 0 radical (unpaired) electrons. The van der Waals surface area contributed by atoms with Crippen LogP contribution < -0.4 is 5.32 Å². The van der Waals surface area contributed by atoms with Crippen molar-refractivity contribution in [2.45, 2.75) is 64.3 Å². The molecule has 4 heteroatoms. The highest BCUT2D eigenvalue weighted by molar-refractivity contribution is 5.81. The van der Waals surface area contributed by atoms with Gasteiger partial charge < -0.3 is 10.1 Å². The zero-order chi connectivity index (χ0) is 15.4. The second kappa shape index (κ2) is 7.31. The Morgan fingerprint density at radius 1 is 1.27 bits per heavy atom. The van der Waals surface area contributed by atoms with Crippen molar-refractivity contribution in [2.24, 2.45) is 11.3 Å². The van der Waals surface area contributed by atoms with Gasteiger partial charge in [0, 0.05) is 25.0 Å². The van der Waals surface area contributed by atoms with Gasteiger partial charge in [-0.1, -0.05) is 25.7 Å². The minimum atomic E-state index is -0.0252. The van der Waals surface area contributed by atoms with E-state index < -0.39 is 0 Å². The van der Waals surface area contributed by atoms with Gasteiger partial charge in [-0.25, -0.2) is 0 Å². The molecule has 2 aliphatic carbocycles. The summed E-state index contributed by atoms with van der Waals surface area (Å²) < 4.78 is 5.79. The molecule has 3 aliphatic rings. The Morgan fingerprint density at radius 2 is 2.05 bits per heavy atom. The molecule has 1 unspecified atom stereocenters. The summed E-state index contributed by atoms with van der Waals surface area (Å²) in [6.45, 7) is 6.51. The Labute approximate surface area is 135 Å². The highest BCUT2D eigenvalue weighted by Crippen LogP contribution is 2.43. The van der Waals surface area contributed by atoms with Gasteiger partial charge in [0.25, 0.3) is 0 Å². The van der Waals surface area contributed by atoms with Crippen LogP contribution in [0.4, 0.5) is 0 Å². The number of carbonyl (C=O) groups excluding carboxylic acids is 1. The van der Waals surface area contributed by atoms with Crippen molar-refractivity contribution >= 4 is 5.91 Å². The fraction of sp³-hybridized carbons (Fsp3) is 0.944. The van der Waals surface area contributed by atoms with Gasteiger partial charge in [-0.15, -0.1) is 0 Å². The lowest BCUT2D eigenvalue weighted by atomic mass is 9.69. The van der Waals surface area contributed by atoms with Crippen LogP contribution in [0.15, 0.2) is 0 Å². The lowest BCUT2D eigenvalue weighted by molar-refractivity contribution is -0.126. The van der Waals surface area contributed by atoms with Crippen LogP contribution in [0.3, 0.4) is 0 Å². The Morgan fingerprint density at radius 3 is 2.73 bits per heavy atom. The molecular formula is C18H32N2O2. The van der Waals surface area contributed by atoms with E-state index in [2.05, 4.69) is 17.1 Å². The van der Waals surface area contributed by atoms with Gasteiger partial charge >= 0.3 is 0 Å². The number of hydrogen-bond donors (Lipinski definition) is 1. The molecule has 1 atom stereocenters. The number of nitrogens with one attached hydrogen (secondary N) is 1. The zero-order valence-corrected chi connectivity index (χ0v) is 14.1. The summed E-state index contributed by atoms with van der Waals surface area (Å²) in [4.78, 5) is 14.9. The predicted molar refractivity (Wildman–Crippen MR) is 87.7 cm³/mol. The van der Waals surface area contributed by atoms with Gasteiger partial charge in [-0.3, -0.25) is 9.69 Å². The second-order valence-electron chi connectivity index (χ2n) is 7.80. The van der Waals surface area contributed by atoms with Gasteiger partial charge in [-0.05, 0) is 38.5 Å². The molecule has 2 saturated carbocycles. The molecule has 1 N–H and O–H groups in total. The van der Waals surface area contributed by atoms with E-state index in [1.165, 1.54) is 51.4 Å². The summed E-state index contributed by atoms with van der Waals surface area (Å²) in [5.41, 5.74) is 0.342. The summed E-state index contributed by atoms with van der Waals surface area (Å²) in [5.74, 6) is 0.914. The van der Waals surface area contributed by atoms with Crippen LogP contribution in [0.25, 0.3) is 0 Å². The molecule has 3 fully saturated rings. The molecule has 1 saturated heterocycles. The first-order valence-electron chi connectivity index (χ1n) is 9.28. The molecule has 0 aromatic heterocycles. The quantitative estimate of drug-likeness (QED) is 0.868. The zero-order valence-electron chi connectivity index (χ0n) is 14.1. The molecule has 1 heterocycles. The molecule has 0 bridgehead atoms. The first-order valence-corrected chi connectivity index (χ1v) is 9.28. The van der Waals surface area contributed by atoms with Crippen molar-refractivity contribution in [1.29, 1.82) is 0 Å². The van der Waals surface area contributed by atoms with Crippen molar-refractivity contribution < 1.29 is 9.53 Å². The molecule has 3 rings (SSSR count). The van der Waals surface area contributed by atoms with Gasteiger partial charge in [0.2, 0.25) is 5.91 Å². The van der Waals surface area contributed by atoms with Crippen molar-refractivity contribution in [2.75, 3.05) is 32.8 Å². The average molecular weight is 308 g/mol. The number of rotatable bonds is 4. The molecule has 1 aliphatic heterocycles. The van der Waals surface area contributed by atoms with Crippen LogP contribution in [0, 0.1) is 11.3 Å². The summed E-state index contributed by atoms with van der Waals surface area (Å²) in [7, 11) is 0. The molecule has 22 heavy (non-hydrogen) atoms. The second-order valence-corrected chi connectivity index (χ2v) is 7.80. The average Bonchev–Trinajstić information content (AvgIpc) is 2.76. The van der Waals surface area contributed by atoms with Gasteiger partial charge in [0.1, 0.15) is 0 Å². The van der Waals surface area contributed by atoms with Crippen molar-refractivity contribution in [3.8, 4) is 0 Å². The molecule has 0 aromatic rings. The molecule has 4 nitrogen and oxygen atoms in total. The van der Waals surface area contributed by atoms with E-state index >= 15 is 0 Å². The van der Waals surface area contributed by atoms with E-state index in [1.807, 2.05) is 0 Å². The Balaban J connectivity index is 1.48. The lowest BCUT2D eigenvalue weighted by Crippen LogP contribution is -2.51. The third-order valence-corrected chi connectivity index (χ3v) is 6.10. The molecule has 1 amide bonds. The van der Waals surface area contributed by atoms with Gasteiger partial charge in [0.05, 0.1) is 19.3 Å². The third-order valence-electron chi connectivity index (χ3n) is 6.10. The summed E-state index contributed by atoms with van der Waals surface area (Å²) in [5, 5.41) is 3.21. The monoisotopic (exact) mass is 308 g/mol. The highest BCUT2D eigenvalue weighted by Gasteiger charge is 2.41. The minimum absolute atomic E-state index is 0.0252. The normalized spacial score (nSPS) is 27.9. The van der Waals surface area contributed by atoms with E-state index in [0.717, 1.165) is 32.8 Å². The number of carbonyl (C=O) groups is 1. The largest absolute Gasteiger partial charge is 0.379 e. The molecule has 0 aromatic carbocycles. The topological polar surface area (TPSA) is 41.6 Å². The Kier molecular flexibility index (Phi) is 5.40. The van der Waals surface area contributed by atoms with E-state index in [0.29, 0.717) is 11.3 Å². The molecular weight excluding hydrogens is 276 g/mol. The fourth-order valence-corrected chi connectivity index (χ4v) is 4.29. The third kappa shape index (κ3) is 3.83. The van der Waals surface area contributed by atoms with Crippen LogP contribution in [0.5, 0.6) is 0 Å². The van der Waals surface area contributed by atoms with E-state index in [-0.39, 0.29) is 11.9 Å². The lowest BCUT2D eigenvalue weighted by Gasteiger charge is -2.43. The predicted octanol–water partition coefficient (Wildman–Crippen LogP) is 2.57. The van der Waals surface area contributed by atoms with Crippen LogP contribution in [-0.2, 0) is 9.53 Å². The molecule has 126 valence electrons. The van der Waals surface area contributed by atoms with E-state index in [1.54, 1.807) is 0 Å². The first kappa shape index (κ1) is 16.3. The van der Waals surface area contributed by atoms with Crippen molar-refractivity contribution in [3.05, 3.63) is 0 Å². The SMILES string of the molecule is CC(C(=O)NCC1CCCCC1)N1CCOCC2(CCC2)C1. The number of nitrogens with zero attached hydrogens (tertiary/aromatic N) is 1.